The Morgan fingerprint density at radius 1 is 0.769 bits per heavy atom. The molecule has 2 aromatic rings. The molecule has 2 aromatic carbocycles. The highest BCUT2D eigenvalue weighted by atomic mass is 16.5. The Bertz CT molecular complexity index is 965. The third kappa shape index (κ3) is 14.3. The standard InChI is InChI=1S/C31H44N2O6/c1-3-5-7-8-9-13-23-37-27-18-16-26(17-19-27)32-30(35)28(33-31(36)38-22-6-4-2)20-21-29(34)39-24-25-14-11-10-12-15-25/h10-12,14-19,28H,3-9,13,20-24H2,1-2H3,(H,32,35)(H,33,36)/t28-/m0/s1. The summed E-state index contributed by atoms with van der Waals surface area (Å²) in [6.07, 6.45) is 8.13. The minimum Gasteiger partial charge on any atom is -0.494 e. The molecule has 2 N–H and O–H groups in total. The molecular formula is C31H44N2O6. The number of carbonyl (C=O) groups excluding carboxylic acids is 3. The van der Waals surface area contributed by atoms with E-state index in [0.717, 1.165) is 37.0 Å². The molecule has 0 saturated carbocycles. The van der Waals surface area contributed by atoms with Crippen LogP contribution in [0.3, 0.4) is 0 Å². The smallest absolute Gasteiger partial charge is 0.407 e. The lowest BCUT2D eigenvalue weighted by atomic mass is 10.1. The number of carbonyl (C=O) groups is 3. The van der Waals surface area contributed by atoms with E-state index in [4.69, 9.17) is 14.2 Å². The monoisotopic (exact) mass is 540 g/mol. The van der Waals surface area contributed by atoms with Crippen LogP contribution >= 0.6 is 0 Å². The summed E-state index contributed by atoms with van der Waals surface area (Å²) < 4.78 is 16.3. The van der Waals surface area contributed by atoms with Crippen molar-refractivity contribution in [2.45, 2.75) is 90.7 Å². The average molecular weight is 541 g/mol. The van der Waals surface area contributed by atoms with Crippen molar-refractivity contribution < 1.29 is 28.6 Å². The van der Waals surface area contributed by atoms with Crippen LogP contribution in [0.15, 0.2) is 54.6 Å². The zero-order valence-electron chi connectivity index (χ0n) is 23.4. The second-order valence-electron chi connectivity index (χ2n) is 9.50. The van der Waals surface area contributed by atoms with Crippen LogP contribution in [0.4, 0.5) is 10.5 Å². The Balaban J connectivity index is 1.85. The molecule has 0 heterocycles. The largest absolute Gasteiger partial charge is 0.494 e. The van der Waals surface area contributed by atoms with Crippen molar-refractivity contribution in [3.63, 3.8) is 0 Å². The van der Waals surface area contributed by atoms with Gasteiger partial charge in [-0.25, -0.2) is 4.79 Å². The van der Waals surface area contributed by atoms with Crippen LogP contribution in [0.5, 0.6) is 5.75 Å². The first-order valence-corrected chi connectivity index (χ1v) is 14.2. The lowest BCUT2D eigenvalue weighted by Gasteiger charge is -2.18. The van der Waals surface area contributed by atoms with Gasteiger partial charge in [0, 0.05) is 12.1 Å². The topological polar surface area (TPSA) is 103 Å². The van der Waals surface area contributed by atoms with Crippen molar-refractivity contribution in [3.8, 4) is 5.75 Å². The summed E-state index contributed by atoms with van der Waals surface area (Å²) in [6.45, 7) is 5.26. The first-order valence-electron chi connectivity index (χ1n) is 14.2. The minimum absolute atomic E-state index is 0.0363. The molecule has 0 unspecified atom stereocenters. The van der Waals surface area contributed by atoms with Crippen molar-refractivity contribution in [1.29, 1.82) is 0 Å². The minimum atomic E-state index is -0.966. The molecule has 39 heavy (non-hydrogen) atoms. The van der Waals surface area contributed by atoms with Crippen LogP contribution in [0.2, 0.25) is 0 Å². The van der Waals surface area contributed by atoms with E-state index in [0.29, 0.717) is 12.3 Å². The molecule has 0 aliphatic heterocycles. The Morgan fingerprint density at radius 3 is 2.18 bits per heavy atom. The lowest BCUT2D eigenvalue weighted by Crippen LogP contribution is -2.44. The summed E-state index contributed by atoms with van der Waals surface area (Å²) in [7, 11) is 0. The molecule has 2 rings (SSSR count). The van der Waals surface area contributed by atoms with Gasteiger partial charge in [-0.1, -0.05) is 82.7 Å². The highest BCUT2D eigenvalue weighted by molar-refractivity contribution is 5.96. The van der Waals surface area contributed by atoms with Gasteiger partial charge >= 0.3 is 12.1 Å². The fourth-order valence-corrected chi connectivity index (χ4v) is 3.77. The number of hydrogen-bond acceptors (Lipinski definition) is 6. The fraction of sp³-hybridized carbons (Fsp3) is 0.516. The third-order valence-electron chi connectivity index (χ3n) is 6.11. The number of benzene rings is 2. The molecule has 0 aliphatic rings. The molecule has 0 saturated heterocycles. The molecule has 1 atom stereocenters. The van der Waals surface area contributed by atoms with Gasteiger partial charge in [0.1, 0.15) is 18.4 Å². The number of ether oxygens (including phenoxy) is 3. The zero-order valence-corrected chi connectivity index (χ0v) is 23.4. The van der Waals surface area contributed by atoms with Gasteiger partial charge < -0.3 is 24.8 Å². The quantitative estimate of drug-likeness (QED) is 0.150. The summed E-state index contributed by atoms with van der Waals surface area (Å²) >= 11 is 0. The molecule has 0 fully saturated rings. The first-order chi connectivity index (χ1) is 19.0. The van der Waals surface area contributed by atoms with Gasteiger partial charge in [-0.05, 0) is 49.1 Å². The molecule has 0 bridgehead atoms. The van der Waals surface area contributed by atoms with E-state index in [1.165, 1.54) is 25.7 Å². The molecule has 8 nitrogen and oxygen atoms in total. The van der Waals surface area contributed by atoms with E-state index in [-0.39, 0.29) is 26.1 Å². The van der Waals surface area contributed by atoms with Crippen LogP contribution in [0.1, 0.15) is 83.6 Å². The van der Waals surface area contributed by atoms with Crippen molar-refractivity contribution in [2.24, 2.45) is 0 Å². The van der Waals surface area contributed by atoms with Crippen molar-refractivity contribution >= 4 is 23.7 Å². The zero-order chi connectivity index (χ0) is 28.1. The number of rotatable bonds is 19. The number of anilines is 1. The second kappa shape index (κ2) is 19.5. The Labute approximate surface area is 232 Å². The highest BCUT2D eigenvalue weighted by Gasteiger charge is 2.23. The van der Waals surface area contributed by atoms with Gasteiger partial charge in [0.2, 0.25) is 5.91 Å². The van der Waals surface area contributed by atoms with E-state index in [1.807, 2.05) is 37.3 Å². The molecule has 8 heteroatoms. The molecular weight excluding hydrogens is 496 g/mol. The predicted molar refractivity (Wildman–Crippen MR) is 153 cm³/mol. The molecule has 0 spiro atoms. The van der Waals surface area contributed by atoms with Crippen LogP contribution < -0.4 is 15.4 Å². The van der Waals surface area contributed by atoms with Gasteiger partial charge in [0.05, 0.1) is 13.2 Å². The van der Waals surface area contributed by atoms with Crippen LogP contribution in [0.25, 0.3) is 0 Å². The third-order valence-corrected chi connectivity index (χ3v) is 6.11. The van der Waals surface area contributed by atoms with Gasteiger partial charge in [-0.2, -0.15) is 0 Å². The van der Waals surface area contributed by atoms with E-state index >= 15 is 0 Å². The number of nitrogens with one attached hydrogen (secondary N) is 2. The van der Waals surface area contributed by atoms with Crippen LogP contribution in [0, 0.1) is 0 Å². The molecule has 2 amide bonds. The number of alkyl carbamates (subject to hydrolysis) is 1. The van der Waals surface area contributed by atoms with E-state index < -0.39 is 24.0 Å². The fourth-order valence-electron chi connectivity index (χ4n) is 3.77. The van der Waals surface area contributed by atoms with Gasteiger partial charge in [-0.15, -0.1) is 0 Å². The maximum absolute atomic E-state index is 13.0. The Hall–Kier alpha value is -3.55. The lowest BCUT2D eigenvalue weighted by molar-refractivity contribution is -0.145. The Kier molecular flexibility index (Phi) is 15.8. The number of amides is 2. The predicted octanol–water partition coefficient (Wildman–Crippen LogP) is 6.78. The van der Waals surface area contributed by atoms with Crippen molar-refractivity contribution in [3.05, 3.63) is 60.2 Å². The summed E-state index contributed by atoms with van der Waals surface area (Å²) in [4.78, 5) is 37.5. The van der Waals surface area contributed by atoms with Crippen LogP contribution in [-0.2, 0) is 25.7 Å². The summed E-state index contributed by atoms with van der Waals surface area (Å²) in [6, 6.07) is 15.5. The SMILES string of the molecule is CCCCCCCCOc1ccc(NC(=O)[C@H](CCC(=O)OCc2ccccc2)NC(=O)OCCCC)cc1. The second-order valence-corrected chi connectivity index (χ2v) is 9.50. The van der Waals surface area contributed by atoms with Crippen molar-refractivity contribution in [1.82, 2.24) is 5.32 Å². The maximum atomic E-state index is 13.0. The number of esters is 1. The van der Waals surface area contributed by atoms with E-state index in [9.17, 15) is 14.4 Å². The summed E-state index contributed by atoms with van der Waals surface area (Å²) in [5.74, 6) is -0.166. The number of hydrogen-bond donors (Lipinski definition) is 2. The average Bonchev–Trinajstić information content (AvgIpc) is 2.95. The highest BCUT2D eigenvalue weighted by Crippen LogP contribution is 2.17. The molecule has 0 aliphatic carbocycles. The van der Waals surface area contributed by atoms with Crippen LogP contribution in [-0.4, -0.2) is 37.2 Å². The molecule has 214 valence electrons. The Morgan fingerprint density at radius 2 is 1.46 bits per heavy atom. The maximum Gasteiger partial charge on any atom is 0.407 e. The van der Waals surface area contributed by atoms with Crippen molar-refractivity contribution in [2.75, 3.05) is 18.5 Å². The first kappa shape index (κ1) is 31.7. The van der Waals surface area contributed by atoms with Gasteiger partial charge in [0.15, 0.2) is 0 Å². The molecule has 0 radical (unpaired) electrons. The normalized spacial score (nSPS) is 11.3. The molecule has 0 aromatic heterocycles. The van der Waals surface area contributed by atoms with E-state index in [2.05, 4.69) is 17.6 Å². The van der Waals surface area contributed by atoms with Gasteiger partial charge in [0.25, 0.3) is 0 Å². The summed E-state index contributed by atoms with van der Waals surface area (Å²) in [5.41, 5.74) is 1.43. The number of unbranched alkanes of at least 4 members (excludes halogenated alkanes) is 6. The summed E-state index contributed by atoms with van der Waals surface area (Å²) in [5, 5.41) is 5.39. The van der Waals surface area contributed by atoms with Gasteiger partial charge in [-0.3, -0.25) is 9.59 Å². The van der Waals surface area contributed by atoms with E-state index in [1.54, 1.807) is 24.3 Å².